The standard InChI is InChI=1S/C8H18O2/c1-5-8(9,6-10-4)7(2)3/h7,9H,5-6H2,1-4H3/t8-/m0/s1. The second kappa shape index (κ2) is 3.94. The van der Waals surface area contributed by atoms with Crippen molar-refractivity contribution in [2.24, 2.45) is 5.92 Å². The van der Waals surface area contributed by atoms with Crippen molar-refractivity contribution in [3.8, 4) is 0 Å². The Bertz CT molecular complexity index is 91.3. The summed E-state index contributed by atoms with van der Waals surface area (Å²) in [6.45, 7) is 6.41. The van der Waals surface area contributed by atoms with Crippen molar-refractivity contribution >= 4 is 0 Å². The zero-order valence-electron chi connectivity index (χ0n) is 7.35. The molecule has 2 nitrogen and oxygen atoms in total. The molecule has 62 valence electrons. The Morgan fingerprint density at radius 3 is 2.10 bits per heavy atom. The van der Waals surface area contributed by atoms with Gasteiger partial charge in [0.1, 0.15) is 0 Å². The normalized spacial score (nSPS) is 17.4. The summed E-state index contributed by atoms with van der Waals surface area (Å²) in [4.78, 5) is 0. The molecule has 0 saturated carbocycles. The Morgan fingerprint density at radius 1 is 1.50 bits per heavy atom. The van der Waals surface area contributed by atoms with E-state index in [-0.39, 0.29) is 5.92 Å². The predicted molar refractivity (Wildman–Crippen MR) is 42.0 cm³/mol. The first kappa shape index (κ1) is 9.92. The van der Waals surface area contributed by atoms with E-state index in [0.717, 1.165) is 6.42 Å². The minimum absolute atomic E-state index is 0.262. The fourth-order valence-corrected chi connectivity index (χ4v) is 0.927. The van der Waals surface area contributed by atoms with Gasteiger partial charge in [-0.25, -0.2) is 0 Å². The molecule has 0 saturated heterocycles. The Kier molecular flexibility index (Phi) is 3.91. The molecule has 0 aliphatic carbocycles. The maximum absolute atomic E-state index is 9.77. The monoisotopic (exact) mass is 146 g/mol. The van der Waals surface area contributed by atoms with Gasteiger partial charge in [0.05, 0.1) is 12.2 Å². The summed E-state index contributed by atoms with van der Waals surface area (Å²) >= 11 is 0. The molecule has 1 atom stereocenters. The van der Waals surface area contributed by atoms with Crippen LogP contribution < -0.4 is 0 Å². The van der Waals surface area contributed by atoms with Crippen molar-refractivity contribution in [2.45, 2.75) is 32.8 Å². The van der Waals surface area contributed by atoms with Crippen LogP contribution in [-0.2, 0) is 4.74 Å². The van der Waals surface area contributed by atoms with Gasteiger partial charge < -0.3 is 9.84 Å². The number of hydrogen-bond donors (Lipinski definition) is 1. The summed E-state index contributed by atoms with van der Waals surface area (Å²) in [5, 5.41) is 9.77. The molecule has 0 heterocycles. The van der Waals surface area contributed by atoms with E-state index in [9.17, 15) is 5.11 Å². The smallest absolute Gasteiger partial charge is 0.0900 e. The molecular weight excluding hydrogens is 128 g/mol. The van der Waals surface area contributed by atoms with Gasteiger partial charge in [-0.2, -0.15) is 0 Å². The van der Waals surface area contributed by atoms with Crippen molar-refractivity contribution in [2.75, 3.05) is 13.7 Å². The van der Waals surface area contributed by atoms with Gasteiger partial charge in [-0.05, 0) is 12.3 Å². The van der Waals surface area contributed by atoms with E-state index in [1.807, 2.05) is 20.8 Å². The molecule has 10 heavy (non-hydrogen) atoms. The third-order valence-corrected chi connectivity index (χ3v) is 2.08. The predicted octanol–water partition coefficient (Wildman–Crippen LogP) is 1.43. The fourth-order valence-electron chi connectivity index (χ4n) is 0.927. The van der Waals surface area contributed by atoms with E-state index in [2.05, 4.69) is 0 Å². The lowest BCUT2D eigenvalue weighted by Gasteiger charge is -2.29. The molecule has 0 aromatic rings. The summed E-state index contributed by atoms with van der Waals surface area (Å²) in [6, 6.07) is 0. The van der Waals surface area contributed by atoms with Gasteiger partial charge in [0.15, 0.2) is 0 Å². The van der Waals surface area contributed by atoms with Crippen LogP contribution in [0.2, 0.25) is 0 Å². The Labute approximate surface area is 63.2 Å². The van der Waals surface area contributed by atoms with Gasteiger partial charge in [0, 0.05) is 7.11 Å². The zero-order valence-corrected chi connectivity index (χ0v) is 7.35. The number of ether oxygens (including phenoxy) is 1. The zero-order chi connectivity index (χ0) is 8.20. The van der Waals surface area contributed by atoms with Crippen molar-refractivity contribution in [3.05, 3.63) is 0 Å². The van der Waals surface area contributed by atoms with E-state index >= 15 is 0 Å². The third-order valence-electron chi connectivity index (χ3n) is 2.08. The average molecular weight is 146 g/mol. The van der Waals surface area contributed by atoms with Gasteiger partial charge in [-0.3, -0.25) is 0 Å². The van der Waals surface area contributed by atoms with Gasteiger partial charge in [-0.1, -0.05) is 20.8 Å². The highest BCUT2D eigenvalue weighted by Gasteiger charge is 2.28. The molecule has 0 rings (SSSR count). The van der Waals surface area contributed by atoms with Crippen molar-refractivity contribution in [3.63, 3.8) is 0 Å². The highest BCUT2D eigenvalue weighted by Crippen LogP contribution is 2.20. The Balaban J connectivity index is 3.94. The van der Waals surface area contributed by atoms with Crippen LogP contribution in [0.4, 0.5) is 0 Å². The van der Waals surface area contributed by atoms with Crippen LogP contribution in [0, 0.1) is 5.92 Å². The maximum atomic E-state index is 9.77. The molecule has 0 fully saturated rings. The maximum Gasteiger partial charge on any atom is 0.0900 e. The molecule has 0 aliphatic heterocycles. The molecule has 0 spiro atoms. The number of aliphatic hydroxyl groups is 1. The van der Waals surface area contributed by atoms with Gasteiger partial charge in [-0.15, -0.1) is 0 Å². The second-order valence-electron chi connectivity index (χ2n) is 3.04. The van der Waals surface area contributed by atoms with Crippen LogP contribution >= 0.6 is 0 Å². The SMILES string of the molecule is CC[C@](O)(COC)C(C)C. The minimum atomic E-state index is -0.630. The van der Waals surface area contributed by atoms with E-state index in [1.54, 1.807) is 7.11 Å². The van der Waals surface area contributed by atoms with Crippen LogP contribution in [0.5, 0.6) is 0 Å². The summed E-state index contributed by atoms with van der Waals surface area (Å²) in [5.74, 6) is 0.262. The summed E-state index contributed by atoms with van der Waals surface area (Å²) in [6.07, 6.45) is 0.749. The molecule has 1 N–H and O–H groups in total. The molecule has 0 bridgehead atoms. The molecule has 0 aromatic heterocycles. The average Bonchev–Trinajstić information content (AvgIpc) is 1.88. The lowest BCUT2D eigenvalue weighted by Crippen LogP contribution is -2.38. The fraction of sp³-hybridized carbons (Fsp3) is 1.00. The van der Waals surface area contributed by atoms with Crippen LogP contribution in [-0.4, -0.2) is 24.4 Å². The lowest BCUT2D eigenvalue weighted by atomic mass is 9.89. The van der Waals surface area contributed by atoms with Crippen LogP contribution in [0.3, 0.4) is 0 Å². The second-order valence-corrected chi connectivity index (χ2v) is 3.04. The first-order chi connectivity index (χ1) is 4.56. The molecule has 0 amide bonds. The topological polar surface area (TPSA) is 29.5 Å². The Morgan fingerprint density at radius 2 is 2.00 bits per heavy atom. The summed E-state index contributed by atoms with van der Waals surface area (Å²) < 4.78 is 4.91. The van der Waals surface area contributed by atoms with E-state index in [4.69, 9.17) is 4.74 Å². The summed E-state index contributed by atoms with van der Waals surface area (Å²) in [7, 11) is 1.61. The third kappa shape index (κ3) is 2.27. The van der Waals surface area contributed by atoms with Crippen molar-refractivity contribution < 1.29 is 9.84 Å². The molecule has 0 unspecified atom stereocenters. The highest BCUT2D eigenvalue weighted by atomic mass is 16.5. The van der Waals surface area contributed by atoms with Crippen molar-refractivity contribution in [1.82, 2.24) is 0 Å². The largest absolute Gasteiger partial charge is 0.387 e. The highest BCUT2D eigenvalue weighted by molar-refractivity contribution is 4.79. The lowest BCUT2D eigenvalue weighted by molar-refractivity contribution is -0.0666. The minimum Gasteiger partial charge on any atom is -0.387 e. The van der Waals surface area contributed by atoms with Gasteiger partial charge in [0.25, 0.3) is 0 Å². The van der Waals surface area contributed by atoms with Gasteiger partial charge >= 0.3 is 0 Å². The summed E-state index contributed by atoms with van der Waals surface area (Å²) in [5.41, 5.74) is -0.630. The van der Waals surface area contributed by atoms with Crippen LogP contribution in [0.15, 0.2) is 0 Å². The van der Waals surface area contributed by atoms with E-state index < -0.39 is 5.60 Å². The Hall–Kier alpha value is -0.0800. The van der Waals surface area contributed by atoms with E-state index in [0.29, 0.717) is 6.61 Å². The first-order valence-corrected chi connectivity index (χ1v) is 3.78. The van der Waals surface area contributed by atoms with Crippen LogP contribution in [0.1, 0.15) is 27.2 Å². The molecular formula is C8H18O2. The molecule has 0 radical (unpaired) electrons. The molecule has 0 aliphatic rings. The molecule has 0 aromatic carbocycles. The van der Waals surface area contributed by atoms with Crippen LogP contribution in [0.25, 0.3) is 0 Å². The van der Waals surface area contributed by atoms with Crippen molar-refractivity contribution in [1.29, 1.82) is 0 Å². The number of rotatable bonds is 4. The number of hydrogen-bond acceptors (Lipinski definition) is 2. The first-order valence-electron chi connectivity index (χ1n) is 3.78. The number of methoxy groups -OCH3 is 1. The van der Waals surface area contributed by atoms with Gasteiger partial charge in [0.2, 0.25) is 0 Å². The van der Waals surface area contributed by atoms with E-state index in [1.165, 1.54) is 0 Å². The molecule has 2 heteroatoms. The quantitative estimate of drug-likeness (QED) is 0.650.